The first-order chi connectivity index (χ1) is 16.8. The molecule has 1 amide bonds. The molecule has 0 bridgehead atoms. The highest BCUT2D eigenvalue weighted by molar-refractivity contribution is 7.89. The van der Waals surface area contributed by atoms with Crippen molar-refractivity contribution in [3.8, 4) is 5.88 Å². The molecule has 0 N–H and O–H groups in total. The molecule has 4 aliphatic rings. The minimum atomic E-state index is -3.46. The van der Waals surface area contributed by atoms with E-state index in [0.717, 1.165) is 51.9 Å². The molecule has 4 fully saturated rings. The number of piperazine rings is 1. The van der Waals surface area contributed by atoms with Crippen molar-refractivity contribution in [2.24, 2.45) is 5.92 Å². The van der Waals surface area contributed by atoms with Crippen LogP contribution in [0.4, 0.5) is 5.82 Å². The van der Waals surface area contributed by atoms with Gasteiger partial charge in [0.15, 0.2) is 5.82 Å². The van der Waals surface area contributed by atoms with Crippen molar-refractivity contribution >= 4 is 21.7 Å². The third-order valence-corrected chi connectivity index (χ3v) is 9.95. The van der Waals surface area contributed by atoms with Gasteiger partial charge in [0.25, 0.3) is 0 Å². The van der Waals surface area contributed by atoms with E-state index in [1.807, 2.05) is 0 Å². The highest BCUT2D eigenvalue weighted by Gasteiger charge is 2.44. The fourth-order valence-electron chi connectivity index (χ4n) is 5.37. The quantitative estimate of drug-likeness (QED) is 0.493. The van der Waals surface area contributed by atoms with Gasteiger partial charge in [-0.3, -0.25) is 14.6 Å². The number of rotatable bonds is 9. The molecule has 0 atom stereocenters. The molecule has 1 saturated carbocycles. The Kier molecular flexibility index (Phi) is 7.30. The summed E-state index contributed by atoms with van der Waals surface area (Å²) < 4.78 is 32.7. The molecule has 1 aliphatic carbocycles. The Morgan fingerprint density at radius 2 is 1.77 bits per heavy atom. The van der Waals surface area contributed by atoms with Crippen molar-refractivity contribution < 1.29 is 17.9 Å². The van der Waals surface area contributed by atoms with Crippen molar-refractivity contribution in [1.29, 1.82) is 0 Å². The normalized spacial score (nSPS) is 24.7. The Morgan fingerprint density at radius 1 is 1.03 bits per heavy atom. The van der Waals surface area contributed by atoms with E-state index in [-0.39, 0.29) is 31.3 Å². The van der Waals surface area contributed by atoms with Crippen LogP contribution in [0.5, 0.6) is 5.88 Å². The Balaban J connectivity index is 1.07. The van der Waals surface area contributed by atoms with Gasteiger partial charge in [-0.05, 0) is 77.5 Å². The van der Waals surface area contributed by atoms with Crippen LogP contribution >= 0.6 is 0 Å². The maximum absolute atomic E-state index is 12.7. The number of anilines is 1. The van der Waals surface area contributed by atoms with Gasteiger partial charge in [0.05, 0.1) is 31.3 Å². The number of amides is 1. The summed E-state index contributed by atoms with van der Waals surface area (Å²) in [6.45, 7) is 8.10. The van der Waals surface area contributed by atoms with Gasteiger partial charge in [0, 0.05) is 25.2 Å². The lowest BCUT2D eigenvalue weighted by Gasteiger charge is -2.36. The molecule has 35 heavy (non-hydrogen) atoms. The fraction of sp³-hybridized carbons (Fsp3) is 0.792. The van der Waals surface area contributed by atoms with Crippen LogP contribution in [0.2, 0.25) is 0 Å². The number of carbonyl (C=O) groups is 1. The highest BCUT2D eigenvalue weighted by atomic mass is 32.2. The summed E-state index contributed by atoms with van der Waals surface area (Å²) in [6.07, 6.45) is 10.3. The molecular formula is C24H38N6O4S. The molecule has 10 nitrogen and oxygen atoms in total. The fourth-order valence-corrected chi connectivity index (χ4v) is 6.79. The average Bonchev–Trinajstić information content (AvgIpc) is 3.39. The topological polar surface area (TPSA) is 99.2 Å². The van der Waals surface area contributed by atoms with E-state index in [2.05, 4.69) is 26.7 Å². The largest absolute Gasteiger partial charge is 0.476 e. The molecule has 0 aromatic carbocycles. The highest BCUT2D eigenvalue weighted by Crippen LogP contribution is 2.42. The van der Waals surface area contributed by atoms with Crippen LogP contribution in [0, 0.1) is 5.92 Å². The second-order valence-electron chi connectivity index (χ2n) is 10.7. The van der Waals surface area contributed by atoms with Crippen molar-refractivity contribution in [3.63, 3.8) is 0 Å². The zero-order valence-electron chi connectivity index (χ0n) is 20.8. The summed E-state index contributed by atoms with van der Waals surface area (Å²) in [5.74, 6) is 1.20. The molecule has 0 spiro atoms. The van der Waals surface area contributed by atoms with Crippen molar-refractivity contribution in [2.75, 3.05) is 69.6 Å². The smallest absolute Gasteiger partial charge is 0.243 e. The lowest BCUT2D eigenvalue weighted by atomic mass is 9.96. The zero-order chi connectivity index (χ0) is 24.5. The Morgan fingerprint density at radius 3 is 2.40 bits per heavy atom. The summed E-state index contributed by atoms with van der Waals surface area (Å²) in [4.78, 5) is 27.8. The number of nitrogens with zero attached hydrogens (tertiary/aromatic N) is 6. The predicted molar refractivity (Wildman–Crippen MR) is 133 cm³/mol. The van der Waals surface area contributed by atoms with Gasteiger partial charge in [-0.15, -0.1) is 0 Å². The summed E-state index contributed by atoms with van der Waals surface area (Å²) in [7, 11) is -3.46. The molecular weight excluding hydrogens is 468 g/mol. The molecule has 1 aromatic rings. The second-order valence-corrected chi connectivity index (χ2v) is 12.8. The van der Waals surface area contributed by atoms with E-state index < -0.39 is 10.0 Å². The maximum atomic E-state index is 12.7. The summed E-state index contributed by atoms with van der Waals surface area (Å²) >= 11 is 0. The number of sulfonamides is 1. The summed E-state index contributed by atoms with van der Waals surface area (Å²) in [6, 6.07) is 0. The van der Waals surface area contributed by atoms with Gasteiger partial charge in [-0.1, -0.05) is 0 Å². The number of hydrogen-bond acceptors (Lipinski definition) is 8. The Hall–Kier alpha value is -1.82. The van der Waals surface area contributed by atoms with Crippen LogP contribution in [0.3, 0.4) is 0 Å². The first-order valence-corrected chi connectivity index (χ1v) is 14.6. The SMILES string of the molecule is CC1(N2CCC(COc3cnc(N4CCN(S(=O)(=O)CCN5CCCC5)CC4=O)cn3)CC2)CC1. The van der Waals surface area contributed by atoms with Crippen LogP contribution in [-0.2, 0) is 14.8 Å². The number of hydrogen-bond donors (Lipinski definition) is 0. The van der Waals surface area contributed by atoms with Gasteiger partial charge in [0.1, 0.15) is 0 Å². The predicted octanol–water partition coefficient (Wildman–Crippen LogP) is 1.19. The third kappa shape index (κ3) is 5.95. The molecule has 1 aromatic heterocycles. The molecule has 3 aliphatic heterocycles. The third-order valence-electron chi connectivity index (χ3n) is 8.15. The van der Waals surface area contributed by atoms with Gasteiger partial charge in [-0.2, -0.15) is 4.31 Å². The van der Waals surface area contributed by atoms with Crippen LogP contribution in [0.15, 0.2) is 12.4 Å². The number of piperidine rings is 1. The Bertz CT molecular complexity index is 986. The summed E-state index contributed by atoms with van der Waals surface area (Å²) in [5.41, 5.74) is 0.452. The first-order valence-electron chi connectivity index (χ1n) is 13.0. The minimum absolute atomic E-state index is 0.0600. The average molecular weight is 507 g/mol. The number of aromatic nitrogens is 2. The van der Waals surface area contributed by atoms with E-state index in [1.54, 1.807) is 12.4 Å². The molecule has 3 saturated heterocycles. The molecule has 194 valence electrons. The van der Waals surface area contributed by atoms with E-state index in [9.17, 15) is 13.2 Å². The van der Waals surface area contributed by atoms with Gasteiger partial charge >= 0.3 is 0 Å². The van der Waals surface area contributed by atoms with Gasteiger partial charge < -0.3 is 9.64 Å². The Labute approximate surface area is 208 Å². The van der Waals surface area contributed by atoms with Crippen molar-refractivity contribution in [3.05, 3.63) is 12.4 Å². The first kappa shape index (κ1) is 24.9. The van der Waals surface area contributed by atoms with Crippen molar-refractivity contribution in [2.45, 2.75) is 51.0 Å². The van der Waals surface area contributed by atoms with E-state index in [4.69, 9.17) is 4.74 Å². The molecule has 4 heterocycles. The minimum Gasteiger partial charge on any atom is -0.476 e. The van der Waals surface area contributed by atoms with Crippen LogP contribution in [-0.4, -0.2) is 109 Å². The van der Waals surface area contributed by atoms with E-state index in [1.165, 1.54) is 22.0 Å². The van der Waals surface area contributed by atoms with Crippen LogP contribution < -0.4 is 9.64 Å². The van der Waals surface area contributed by atoms with Gasteiger partial charge in [-0.25, -0.2) is 18.4 Å². The van der Waals surface area contributed by atoms with E-state index >= 15 is 0 Å². The monoisotopic (exact) mass is 506 g/mol. The number of likely N-dealkylation sites (tertiary alicyclic amines) is 2. The van der Waals surface area contributed by atoms with Crippen molar-refractivity contribution in [1.82, 2.24) is 24.1 Å². The maximum Gasteiger partial charge on any atom is 0.243 e. The van der Waals surface area contributed by atoms with Gasteiger partial charge in [0.2, 0.25) is 21.8 Å². The molecule has 5 rings (SSSR count). The molecule has 0 unspecified atom stereocenters. The number of ether oxygens (including phenoxy) is 1. The standard InChI is InChI=1S/C24H38N6O4S/c1-24(6-7-24)28-10-4-20(5-11-28)19-34-22-17-25-21(16-26-22)30-13-12-29(18-23(30)31)35(32,33)15-14-27-8-2-3-9-27/h16-17,20H,2-15,18-19H2,1H3. The number of carbonyl (C=O) groups excluding carboxylic acids is 1. The zero-order valence-corrected chi connectivity index (χ0v) is 21.6. The van der Waals surface area contributed by atoms with E-state index in [0.29, 0.717) is 36.3 Å². The van der Waals surface area contributed by atoms with Crippen LogP contribution in [0.1, 0.15) is 45.4 Å². The molecule has 0 radical (unpaired) electrons. The lowest BCUT2D eigenvalue weighted by molar-refractivity contribution is -0.120. The van der Waals surface area contributed by atoms with Crippen LogP contribution in [0.25, 0.3) is 0 Å². The molecule has 11 heteroatoms. The lowest BCUT2D eigenvalue weighted by Crippen LogP contribution is -2.53. The summed E-state index contributed by atoms with van der Waals surface area (Å²) in [5, 5.41) is 0. The second kappa shape index (κ2) is 10.3.